The van der Waals surface area contributed by atoms with Crippen molar-refractivity contribution in [3.8, 4) is 0 Å². The number of hydrogen-bond acceptors (Lipinski definition) is 5. The highest BCUT2D eigenvalue weighted by Gasteiger charge is 2.26. The van der Waals surface area contributed by atoms with Crippen LogP contribution in [-0.4, -0.2) is 26.7 Å². The minimum Gasteiger partial charge on any atom is -0.325 e. The van der Waals surface area contributed by atoms with Crippen molar-refractivity contribution in [1.82, 2.24) is 20.2 Å². The van der Waals surface area contributed by atoms with Crippen LogP contribution in [0.2, 0.25) is 0 Å². The molecule has 0 unspecified atom stereocenters. The van der Waals surface area contributed by atoms with Crippen LogP contribution in [0.3, 0.4) is 0 Å². The number of nitrogens with zero attached hydrogens (tertiary/aromatic N) is 4. The lowest BCUT2D eigenvalue weighted by Crippen LogP contribution is -2.17. The quantitative estimate of drug-likeness (QED) is 0.548. The second-order valence-corrected chi connectivity index (χ2v) is 7.53. The lowest BCUT2D eigenvalue weighted by Gasteiger charge is -2.19. The third-order valence-electron chi connectivity index (χ3n) is 5.57. The average molecular weight is 368 g/mol. The fourth-order valence-electron chi connectivity index (χ4n) is 3.94. The number of para-hydroxylation sites is 2. The van der Waals surface area contributed by atoms with E-state index >= 15 is 0 Å². The number of benzene rings is 2. The Bertz CT molecular complexity index is 1180. The highest BCUT2D eigenvalue weighted by atomic mass is 15.3. The molecular weight excluding hydrogens is 348 g/mol. The Morgan fingerprint density at radius 2 is 1.86 bits per heavy atom. The SMILES string of the molecule is c1ccc2c(c1)CCN2c1nc(Nc2cc(C3CC3)n[nH]2)c2ccccc2n1. The van der Waals surface area contributed by atoms with E-state index in [-0.39, 0.29) is 0 Å². The van der Waals surface area contributed by atoms with Gasteiger partial charge in [0.1, 0.15) is 11.6 Å². The number of nitrogens with one attached hydrogen (secondary N) is 2. The van der Waals surface area contributed by atoms with Crippen LogP contribution in [0.15, 0.2) is 54.6 Å². The minimum atomic E-state index is 0.616. The zero-order valence-electron chi connectivity index (χ0n) is 15.4. The summed E-state index contributed by atoms with van der Waals surface area (Å²) in [6.07, 6.45) is 3.49. The van der Waals surface area contributed by atoms with Gasteiger partial charge in [-0.05, 0) is 43.0 Å². The first-order chi connectivity index (χ1) is 13.8. The maximum absolute atomic E-state index is 4.90. The van der Waals surface area contributed by atoms with Gasteiger partial charge in [-0.15, -0.1) is 0 Å². The predicted molar refractivity (Wildman–Crippen MR) is 111 cm³/mol. The van der Waals surface area contributed by atoms with Crippen molar-refractivity contribution in [2.75, 3.05) is 16.8 Å². The molecule has 1 saturated carbocycles. The predicted octanol–water partition coefficient (Wildman–Crippen LogP) is 4.67. The standard InChI is InChI=1S/C22H20N6/c1-4-8-19-15(5-1)11-12-28(19)22-23-17-7-3-2-6-16(17)21(25-22)24-20-13-18(26-27-20)14-9-10-14/h1-8,13-14H,9-12H2,(H2,23,24,25,26,27). The van der Waals surface area contributed by atoms with Gasteiger partial charge in [-0.1, -0.05) is 30.3 Å². The van der Waals surface area contributed by atoms with Crippen LogP contribution in [0, 0.1) is 0 Å². The average Bonchev–Trinajstić information content (AvgIpc) is 3.32. The molecule has 0 amide bonds. The van der Waals surface area contributed by atoms with Gasteiger partial charge in [0, 0.05) is 29.6 Å². The van der Waals surface area contributed by atoms with Crippen LogP contribution in [0.1, 0.15) is 30.0 Å². The molecule has 3 heterocycles. The van der Waals surface area contributed by atoms with Gasteiger partial charge in [-0.2, -0.15) is 10.1 Å². The molecule has 0 saturated heterocycles. The number of H-pyrrole nitrogens is 1. The molecule has 0 atom stereocenters. The Morgan fingerprint density at radius 1 is 1.00 bits per heavy atom. The molecule has 4 aromatic rings. The molecule has 1 aliphatic carbocycles. The van der Waals surface area contributed by atoms with Crippen LogP contribution >= 0.6 is 0 Å². The van der Waals surface area contributed by atoms with E-state index in [9.17, 15) is 0 Å². The Labute approximate surface area is 162 Å². The molecule has 0 bridgehead atoms. The van der Waals surface area contributed by atoms with Crippen molar-refractivity contribution in [2.45, 2.75) is 25.2 Å². The van der Waals surface area contributed by atoms with E-state index < -0.39 is 0 Å². The zero-order chi connectivity index (χ0) is 18.5. The Balaban J connectivity index is 1.43. The van der Waals surface area contributed by atoms with Gasteiger partial charge in [0.2, 0.25) is 5.95 Å². The van der Waals surface area contributed by atoms with Crippen LogP contribution in [0.25, 0.3) is 10.9 Å². The minimum absolute atomic E-state index is 0.616. The van der Waals surface area contributed by atoms with Crippen molar-refractivity contribution in [2.24, 2.45) is 0 Å². The lowest BCUT2D eigenvalue weighted by atomic mass is 10.2. The van der Waals surface area contributed by atoms with Crippen molar-refractivity contribution in [3.63, 3.8) is 0 Å². The lowest BCUT2D eigenvalue weighted by molar-refractivity contribution is 0.948. The van der Waals surface area contributed by atoms with Gasteiger partial charge < -0.3 is 10.2 Å². The number of hydrogen-bond donors (Lipinski definition) is 2. The Morgan fingerprint density at radius 3 is 2.79 bits per heavy atom. The fraction of sp³-hybridized carbons (Fsp3) is 0.227. The smallest absolute Gasteiger partial charge is 0.232 e. The van der Waals surface area contributed by atoms with Crippen molar-refractivity contribution in [1.29, 1.82) is 0 Å². The molecule has 2 aliphatic rings. The van der Waals surface area contributed by atoms with Crippen molar-refractivity contribution in [3.05, 3.63) is 65.9 Å². The van der Waals surface area contributed by atoms with Crippen LogP contribution in [0.4, 0.5) is 23.3 Å². The highest BCUT2D eigenvalue weighted by molar-refractivity contribution is 5.92. The summed E-state index contributed by atoms with van der Waals surface area (Å²) in [5.74, 6) is 3.02. The summed E-state index contributed by atoms with van der Waals surface area (Å²) < 4.78 is 0. The van der Waals surface area contributed by atoms with Crippen LogP contribution < -0.4 is 10.2 Å². The molecular formula is C22H20N6. The van der Waals surface area contributed by atoms with E-state index in [1.165, 1.54) is 24.1 Å². The highest BCUT2D eigenvalue weighted by Crippen LogP contribution is 2.40. The summed E-state index contributed by atoms with van der Waals surface area (Å²) in [6.45, 7) is 0.896. The second kappa shape index (κ2) is 6.05. The maximum Gasteiger partial charge on any atom is 0.232 e. The fourth-order valence-corrected chi connectivity index (χ4v) is 3.94. The van der Waals surface area contributed by atoms with Crippen molar-refractivity contribution < 1.29 is 0 Å². The number of fused-ring (bicyclic) bond motifs is 2. The molecule has 6 nitrogen and oxygen atoms in total. The van der Waals surface area contributed by atoms with Crippen molar-refractivity contribution >= 4 is 34.2 Å². The Kier molecular flexibility index (Phi) is 3.38. The van der Waals surface area contributed by atoms with Gasteiger partial charge in [0.05, 0.1) is 11.2 Å². The molecule has 1 fully saturated rings. The molecule has 138 valence electrons. The molecule has 2 N–H and O–H groups in total. The van der Waals surface area contributed by atoms with Gasteiger partial charge >= 0.3 is 0 Å². The summed E-state index contributed by atoms with van der Waals surface area (Å²) in [5, 5.41) is 12.0. The first-order valence-corrected chi connectivity index (χ1v) is 9.80. The summed E-state index contributed by atoms with van der Waals surface area (Å²) in [5.41, 5.74) is 4.61. The topological polar surface area (TPSA) is 69.7 Å². The van der Waals surface area contributed by atoms with E-state index in [0.717, 1.165) is 47.1 Å². The number of anilines is 4. The molecule has 2 aromatic carbocycles. The first kappa shape index (κ1) is 15.6. The normalized spacial score (nSPS) is 15.8. The molecule has 0 radical (unpaired) electrons. The third kappa shape index (κ3) is 2.60. The summed E-state index contributed by atoms with van der Waals surface area (Å²) in [7, 11) is 0. The van der Waals surface area contributed by atoms with E-state index in [1.807, 2.05) is 18.2 Å². The van der Waals surface area contributed by atoms with E-state index in [1.54, 1.807) is 0 Å². The maximum atomic E-state index is 4.90. The van der Waals surface area contributed by atoms with Crippen LogP contribution in [0.5, 0.6) is 0 Å². The van der Waals surface area contributed by atoms with Gasteiger partial charge in [-0.3, -0.25) is 5.10 Å². The van der Waals surface area contributed by atoms with Gasteiger partial charge in [-0.25, -0.2) is 4.98 Å². The molecule has 28 heavy (non-hydrogen) atoms. The molecule has 6 rings (SSSR count). The second-order valence-electron chi connectivity index (χ2n) is 7.53. The summed E-state index contributed by atoms with van der Waals surface area (Å²) >= 11 is 0. The molecule has 1 aliphatic heterocycles. The molecule has 2 aromatic heterocycles. The number of aromatic amines is 1. The zero-order valence-corrected chi connectivity index (χ0v) is 15.4. The first-order valence-electron chi connectivity index (χ1n) is 9.80. The number of rotatable bonds is 4. The van der Waals surface area contributed by atoms with E-state index in [2.05, 4.69) is 56.8 Å². The largest absolute Gasteiger partial charge is 0.325 e. The van der Waals surface area contributed by atoms with Crippen LogP contribution in [-0.2, 0) is 6.42 Å². The summed E-state index contributed by atoms with van der Waals surface area (Å²) in [4.78, 5) is 12.0. The molecule has 0 spiro atoms. The Hall–Kier alpha value is -3.41. The van der Waals surface area contributed by atoms with Gasteiger partial charge in [0.25, 0.3) is 0 Å². The van der Waals surface area contributed by atoms with E-state index in [0.29, 0.717) is 5.92 Å². The third-order valence-corrected chi connectivity index (χ3v) is 5.57. The number of aromatic nitrogens is 4. The molecule has 6 heteroatoms. The monoisotopic (exact) mass is 368 g/mol. The summed E-state index contributed by atoms with van der Waals surface area (Å²) in [6, 6.07) is 18.7. The van der Waals surface area contributed by atoms with Gasteiger partial charge in [0.15, 0.2) is 0 Å². The van der Waals surface area contributed by atoms with E-state index in [4.69, 9.17) is 9.97 Å².